The van der Waals surface area contributed by atoms with Crippen LogP contribution in [-0.4, -0.2) is 24.9 Å². The van der Waals surface area contributed by atoms with Gasteiger partial charge in [-0.3, -0.25) is 9.59 Å². The van der Waals surface area contributed by atoms with Gasteiger partial charge in [-0.15, -0.1) is 0 Å². The molecule has 0 fully saturated rings. The molecular formula is C18H19N3O2. The van der Waals surface area contributed by atoms with Crippen molar-refractivity contribution < 1.29 is 9.59 Å². The van der Waals surface area contributed by atoms with E-state index in [1.165, 1.54) is 0 Å². The number of hydrogen-bond donors (Lipinski definition) is 2. The van der Waals surface area contributed by atoms with E-state index in [4.69, 9.17) is 5.26 Å². The molecule has 5 heteroatoms. The first-order valence-electron chi connectivity index (χ1n) is 7.53. The first-order chi connectivity index (χ1) is 11.1. The van der Waals surface area contributed by atoms with Crippen molar-refractivity contribution in [3.63, 3.8) is 0 Å². The normalized spacial score (nSPS) is 11.5. The Morgan fingerprint density at radius 2 is 1.87 bits per heavy atom. The van der Waals surface area contributed by atoms with E-state index >= 15 is 0 Å². The molecule has 0 aromatic heterocycles. The van der Waals surface area contributed by atoms with Crippen LogP contribution in [0.25, 0.3) is 10.8 Å². The van der Waals surface area contributed by atoms with Gasteiger partial charge in [0.2, 0.25) is 5.91 Å². The second-order valence-electron chi connectivity index (χ2n) is 5.40. The largest absolute Gasteiger partial charge is 0.355 e. The van der Waals surface area contributed by atoms with Crippen molar-refractivity contribution >= 4 is 22.6 Å². The van der Waals surface area contributed by atoms with Gasteiger partial charge in [-0.05, 0) is 29.8 Å². The summed E-state index contributed by atoms with van der Waals surface area (Å²) < 4.78 is 0. The number of fused-ring (bicyclic) bond motifs is 1. The highest BCUT2D eigenvalue weighted by molar-refractivity contribution is 5.98. The predicted molar refractivity (Wildman–Crippen MR) is 88.7 cm³/mol. The highest BCUT2D eigenvalue weighted by atomic mass is 16.2. The van der Waals surface area contributed by atoms with E-state index in [1.807, 2.05) is 42.5 Å². The summed E-state index contributed by atoms with van der Waals surface area (Å²) in [4.78, 5) is 23.7. The van der Waals surface area contributed by atoms with Gasteiger partial charge in [-0.1, -0.05) is 30.3 Å². The molecule has 2 amide bonds. The van der Waals surface area contributed by atoms with Crippen LogP contribution in [0.3, 0.4) is 0 Å². The molecule has 0 radical (unpaired) electrons. The van der Waals surface area contributed by atoms with Crippen LogP contribution in [0.5, 0.6) is 0 Å². The highest BCUT2D eigenvalue weighted by Gasteiger charge is 2.08. The predicted octanol–water partition coefficient (Wildman–Crippen LogP) is 2.24. The molecule has 1 unspecified atom stereocenters. The molecule has 0 bridgehead atoms. The van der Waals surface area contributed by atoms with E-state index in [2.05, 4.69) is 10.6 Å². The third-order valence-electron chi connectivity index (χ3n) is 3.48. The van der Waals surface area contributed by atoms with Gasteiger partial charge in [0.05, 0.1) is 12.0 Å². The van der Waals surface area contributed by atoms with Crippen LogP contribution >= 0.6 is 0 Å². The van der Waals surface area contributed by atoms with Crippen LogP contribution in [0.1, 0.15) is 23.7 Å². The highest BCUT2D eigenvalue weighted by Crippen LogP contribution is 2.15. The summed E-state index contributed by atoms with van der Waals surface area (Å²) in [6.07, 6.45) is 0.192. The van der Waals surface area contributed by atoms with Gasteiger partial charge in [-0.25, -0.2) is 0 Å². The first-order valence-corrected chi connectivity index (χ1v) is 7.53. The van der Waals surface area contributed by atoms with E-state index in [0.717, 1.165) is 10.8 Å². The Kier molecular flexibility index (Phi) is 5.70. The lowest BCUT2D eigenvalue weighted by Gasteiger charge is -2.08. The fraction of sp³-hybridized carbons (Fsp3) is 0.278. The van der Waals surface area contributed by atoms with Gasteiger partial charge < -0.3 is 10.6 Å². The smallest absolute Gasteiger partial charge is 0.251 e. The lowest BCUT2D eigenvalue weighted by atomic mass is 10.1. The molecule has 2 N–H and O–H groups in total. The molecule has 2 aromatic rings. The van der Waals surface area contributed by atoms with Crippen molar-refractivity contribution in [1.29, 1.82) is 5.26 Å². The third-order valence-corrected chi connectivity index (χ3v) is 3.48. The summed E-state index contributed by atoms with van der Waals surface area (Å²) in [5.41, 5.74) is 0.571. The standard InChI is InChI=1S/C18H19N3O2/c1-13(11-19)12-21-17(22)8-9-20-18(23)16-7-6-14-4-2-3-5-15(14)10-16/h2-7,10,13H,8-9,12H2,1H3,(H,20,23)(H,21,22). The minimum atomic E-state index is -0.217. The topological polar surface area (TPSA) is 82.0 Å². The molecule has 0 aliphatic carbocycles. The Morgan fingerprint density at radius 1 is 1.13 bits per heavy atom. The molecule has 0 saturated heterocycles. The second-order valence-corrected chi connectivity index (χ2v) is 5.40. The van der Waals surface area contributed by atoms with Crippen molar-refractivity contribution in [2.45, 2.75) is 13.3 Å². The molecule has 1 atom stereocenters. The van der Waals surface area contributed by atoms with Crippen LogP contribution in [0.4, 0.5) is 0 Å². The SMILES string of the molecule is CC(C#N)CNC(=O)CCNC(=O)c1ccc2ccccc2c1. The van der Waals surface area contributed by atoms with Crippen molar-refractivity contribution in [1.82, 2.24) is 10.6 Å². The molecule has 0 aliphatic heterocycles. The second kappa shape index (κ2) is 7.95. The summed E-state index contributed by atoms with van der Waals surface area (Å²) in [6, 6.07) is 15.4. The summed E-state index contributed by atoms with van der Waals surface area (Å²) >= 11 is 0. The number of nitriles is 1. The fourth-order valence-electron chi connectivity index (χ4n) is 2.12. The number of nitrogens with one attached hydrogen (secondary N) is 2. The summed E-state index contributed by atoms with van der Waals surface area (Å²) in [7, 11) is 0. The minimum absolute atomic E-state index is 0.175. The van der Waals surface area contributed by atoms with Gasteiger partial charge in [0.1, 0.15) is 0 Å². The molecule has 0 saturated carbocycles. The van der Waals surface area contributed by atoms with Crippen LogP contribution in [0.2, 0.25) is 0 Å². The van der Waals surface area contributed by atoms with Crippen molar-refractivity contribution in [3.8, 4) is 6.07 Å². The maximum atomic E-state index is 12.1. The lowest BCUT2D eigenvalue weighted by molar-refractivity contribution is -0.121. The maximum absolute atomic E-state index is 12.1. The van der Waals surface area contributed by atoms with E-state index in [1.54, 1.807) is 13.0 Å². The van der Waals surface area contributed by atoms with Gasteiger partial charge in [0.25, 0.3) is 5.91 Å². The Hall–Kier alpha value is -2.87. The first kappa shape index (κ1) is 16.5. The van der Waals surface area contributed by atoms with Gasteiger partial charge in [0, 0.05) is 25.1 Å². The zero-order valence-corrected chi connectivity index (χ0v) is 13.0. The van der Waals surface area contributed by atoms with Crippen molar-refractivity contribution in [3.05, 3.63) is 48.0 Å². The number of amides is 2. The third kappa shape index (κ3) is 4.82. The number of rotatable bonds is 6. The Bertz CT molecular complexity index is 749. The molecule has 5 nitrogen and oxygen atoms in total. The zero-order chi connectivity index (χ0) is 16.7. The van der Waals surface area contributed by atoms with Gasteiger partial charge in [-0.2, -0.15) is 5.26 Å². The van der Waals surface area contributed by atoms with Gasteiger partial charge >= 0.3 is 0 Å². The number of benzene rings is 2. The van der Waals surface area contributed by atoms with Crippen LogP contribution in [0, 0.1) is 17.2 Å². The van der Waals surface area contributed by atoms with Crippen LogP contribution in [0.15, 0.2) is 42.5 Å². The molecule has 0 aliphatic rings. The summed E-state index contributed by atoms with van der Waals surface area (Å²) in [5, 5.41) is 16.1. The zero-order valence-electron chi connectivity index (χ0n) is 13.0. The van der Waals surface area contributed by atoms with Crippen molar-refractivity contribution in [2.75, 3.05) is 13.1 Å². The molecule has 2 aromatic carbocycles. The molecular weight excluding hydrogens is 290 g/mol. The molecule has 0 spiro atoms. The Balaban J connectivity index is 1.82. The van der Waals surface area contributed by atoms with Crippen LogP contribution < -0.4 is 10.6 Å². The number of nitrogens with zero attached hydrogens (tertiary/aromatic N) is 1. The molecule has 23 heavy (non-hydrogen) atoms. The van der Waals surface area contributed by atoms with Gasteiger partial charge in [0.15, 0.2) is 0 Å². The summed E-state index contributed by atoms with van der Waals surface area (Å²) in [6.45, 7) is 2.33. The monoisotopic (exact) mass is 309 g/mol. The van der Waals surface area contributed by atoms with E-state index in [9.17, 15) is 9.59 Å². The number of carbonyl (C=O) groups is 2. The van der Waals surface area contributed by atoms with E-state index < -0.39 is 0 Å². The fourth-order valence-corrected chi connectivity index (χ4v) is 2.12. The summed E-state index contributed by atoms with van der Waals surface area (Å²) in [5.74, 6) is -0.592. The number of hydrogen-bond acceptors (Lipinski definition) is 3. The average Bonchev–Trinajstić information content (AvgIpc) is 2.59. The number of carbonyl (C=O) groups excluding carboxylic acids is 2. The Labute approximate surface area is 135 Å². The maximum Gasteiger partial charge on any atom is 0.251 e. The van der Waals surface area contributed by atoms with Crippen LogP contribution in [-0.2, 0) is 4.79 Å². The molecule has 118 valence electrons. The van der Waals surface area contributed by atoms with Crippen molar-refractivity contribution in [2.24, 2.45) is 5.92 Å². The molecule has 0 heterocycles. The minimum Gasteiger partial charge on any atom is -0.355 e. The molecule has 2 rings (SSSR count). The Morgan fingerprint density at radius 3 is 2.61 bits per heavy atom. The lowest BCUT2D eigenvalue weighted by Crippen LogP contribution is -2.32. The van der Waals surface area contributed by atoms with E-state index in [-0.39, 0.29) is 30.7 Å². The average molecular weight is 309 g/mol. The quantitative estimate of drug-likeness (QED) is 0.858. The van der Waals surface area contributed by atoms with E-state index in [0.29, 0.717) is 12.1 Å².